The molecule has 0 amide bonds. The lowest BCUT2D eigenvalue weighted by atomic mass is 9.58. The molecule has 2 aromatic carbocycles. The number of para-hydroxylation sites is 1. The maximum Gasteiger partial charge on any atom is 0.115 e. The Morgan fingerprint density at radius 3 is 2.71 bits per heavy atom. The zero-order valence-electron chi connectivity index (χ0n) is 16.0. The van der Waals surface area contributed by atoms with Gasteiger partial charge in [0, 0.05) is 29.5 Å². The van der Waals surface area contributed by atoms with Gasteiger partial charge in [0.15, 0.2) is 0 Å². The van der Waals surface area contributed by atoms with Crippen LogP contribution in [0.25, 0.3) is 10.9 Å². The third-order valence-corrected chi connectivity index (χ3v) is 6.52. The topological polar surface area (TPSA) is 36.4 Å². The van der Waals surface area contributed by atoms with Gasteiger partial charge in [0.25, 0.3) is 0 Å². The van der Waals surface area contributed by atoms with Gasteiger partial charge in [-0.05, 0) is 67.7 Å². The Labute approximate surface area is 187 Å². The quantitative estimate of drug-likeness (QED) is 0.500. The number of rotatable bonds is 1. The van der Waals surface area contributed by atoms with Gasteiger partial charge in [0.05, 0.1) is 5.52 Å². The van der Waals surface area contributed by atoms with Crippen LogP contribution in [0.2, 0.25) is 0 Å². The molecule has 1 aliphatic heterocycles. The summed E-state index contributed by atoms with van der Waals surface area (Å²) in [5.74, 6) is 0.922. The molecule has 1 aliphatic carbocycles. The van der Waals surface area contributed by atoms with Crippen LogP contribution in [0, 0.1) is 5.92 Å². The van der Waals surface area contributed by atoms with Gasteiger partial charge in [-0.2, -0.15) is 0 Å². The number of pyridine rings is 1. The first-order valence-corrected chi connectivity index (χ1v) is 9.50. The van der Waals surface area contributed by atoms with Crippen molar-refractivity contribution in [2.45, 2.75) is 24.7 Å². The number of phenolic OH excluding ortho intramolecular Hbond substituents is 1. The zero-order valence-corrected chi connectivity index (χ0v) is 19.4. The van der Waals surface area contributed by atoms with E-state index in [-0.39, 0.29) is 39.4 Å². The minimum Gasteiger partial charge on any atom is -0.508 e. The molecule has 0 spiro atoms. The average Bonchev–Trinajstić information content (AvgIpc) is 2.65. The second-order valence-corrected chi connectivity index (χ2v) is 8.08. The first-order chi connectivity index (χ1) is 12.6. The Morgan fingerprint density at radius 2 is 1.89 bits per heavy atom. The molecule has 0 radical (unpaired) electrons. The van der Waals surface area contributed by atoms with Crippen LogP contribution in [0.15, 0.2) is 54.6 Å². The number of halogens is 2. The highest BCUT2D eigenvalue weighted by molar-refractivity contribution is 8.93. The van der Waals surface area contributed by atoms with Crippen LogP contribution >= 0.6 is 34.0 Å². The van der Waals surface area contributed by atoms with Gasteiger partial charge in [-0.3, -0.25) is 4.98 Å². The summed E-state index contributed by atoms with van der Waals surface area (Å²) in [5, 5.41) is 11.3. The van der Waals surface area contributed by atoms with E-state index >= 15 is 0 Å². The van der Waals surface area contributed by atoms with Crippen molar-refractivity contribution in [1.29, 1.82) is 0 Å². The Hall–Kier alpha value is -1.43. The predicted octanol–water partition coefficient (Wildman–Crippen LogP) is 5.08. The molecule has 0 bridgehead atoms. The van der Waals surface area contributed by atoms with Crippen LogP contribution in [0.3, 0.4) is 0 Å². The number of aromatic nitrogens is 1. The second-order valence-electron chi connectivity index (χ2n) is 8.08. The van der Waals surface area contributed by atoms with Crippen molar-refractivity contribution in [2.75, 3.05) is 20.1 Å². The molecule has 2 atom stereocenters. The highest BCUT2D eigenvalue weighted by Crippen LogP contribution is 2.48. The molecular formula is C23H26Br2N2O. The Bertz CT molecular complexity index is 993. The molecule has 1 saturated heterocycles. The van der Waals surface area contributed by atoms with Gasteiger partial charge < -0.3 is 10.0 Å². The number of nitrogens with zero attached hydrogens (tertiary/aromatic N) is 2. The van der Waals surface area contributed by atoms with Crippen molar-refractivity contribution in [1.82, 2.24) is 9.88 Å². The summed E-state index contributed by atoms with van der Waals surface area (Å²) in [6, 6.07) is 18.7. The SMILES string of the molecule is Br.Br.CN1CC[C@]2(c3cccc(O)c3)Cc3nc4ccccc4cc3C[C@H]2C1. The molecule has 0 saturated carbocycles. The first-order valence-electron chi connectivity index (χ1n) is 9.50. The first kappa shape index (κ1) is 21.3. The smallest absolute Gasteiger partial charge is 0.115 e. The molecule has 2 heterocycles. The maximum atomic E-state index is 10.1. The minimum atomic E-state index is 0. The molecule has 3 nitrogen and oxygen atoms in total. The van der Waals surface area contributed by atoms with Gasteiger partial charge >= 0.3 is 0 Å². The van der Waals surface area contributed by atoms with Crippen molar-refractivity contribution < 1.29 is 5.11 Å². The van der Waals surface area contributed by atoms with Crippen molar-refractivity contribution in [3.8, 4) is 5.75 Å². The van der Waals surface area contributed by atoms with E-state index in [0.29, 0.717) is 11.7 Å². The monoisotopic (exact) mass is 504 g/mol. The molecule has 5 heteroatoms. The second kappa shape index (κ2) is 8.13. The molecule has 28 heavy (non-hydrogen) atoms. The molecule has 148 valence electrons. The predicted molar refractivity (Wildman–Crippen MR) is 125 cm³/mol. The van der Waals surface area contributed by atoms with Gasteiger partial charge in [0.1, 0.15) is 5.75 Å². The molecule has 1 N–H and O–H groups in total. The summed E-state index contributed by atoms with van der Waals surface area (Å²) in [7, 11) is 2.22. The lowest BCUT2D eigenvalue weighted by molar-refractivity contribution is 0.0987. The summed E-state index contributed by atoms with van der Waals surface area (Å²) < 4.78 is 0. The van der Waals surface area contributed by atoms with Gasteiger partial charge in [-0.25, -0.2) is 0 Å². The summed E-state index contributed by atoms with van der Waals surface area (Å²) in [6.07, 6.45) is 3.15. The Morgan fingerprint density at radius 1 is 1.07 bits per heavy atom. The van der Waals surface area contributed by atoms with Gasteiger partial charge in [0.2, 0.25) is 0 Å². The van der Waals surface area contributed by atoms with Crippen LogP contribution in [0.1, 0.15) is 23.2 Å². The van der Waals surface area contributed by atoms with E-state index in [1.807, 2.05) is 12.1 Å². The third kappa shape index (κ3) is 3.49. The zero-order chi connectivity index (χ0) is 17.7. The standard InChI is InChI=1S/C23H24N2O.2BrH/c1-25-10-9-23(18-6-4-7-20(26)13-18)14-22-17(12-19(23)15-25)11-16-5-2-3-8-21(16)24-22;;/h2-8,11,13,19,26H,9-10,12,14-15H2,1H3;2*1H/t19-,23+;;/m0../s1. The summed E-state index contributed by atoms with van der Waals surface area (Å²) in [6.45, 7) is 2.19. The normalized spacial score (nSPS) is 23.8. The number of aromatic hydroxyl groups is 1. The number of hydrogen-bond donors (Lipinski definition) is 1. The van der Waals surface area contributed by atoms with Crippen LogP contribution in [-0.2, 0) is 18.3 Å². The van der Waals surface area contributed by atoms with E-state index in [1.54, 1.807) is 6.07 Å². The van der Waals surface area contributed by atoms with Crippen LogP contribution in [0.5, 0.6) is 5.75 Å². The van der Waals surface area contributed by atoms with Crippen molar-refractivity contribution >= 4 is 44.9 Å². The van der Waals surface area contributed by atoms with Crippen molar-refractivity contribution in [3.63, 3.8) is 0 Å². The lowest BCUT2D eigenvalue weighted by Crippen LogP contribution is -2.53. The lowest BCUT2D eigenvalue weighted by Gasteiger charge is -2.50. The molecule has 2 aliphatic rings. The van der Waals surface area contributed by atoms with Crippen LogP contribution in [0.4, 0.5) is 0 Å². The van der Waals surface area contributed by atoms with E-state index in [2.05, 4.69) is 48.3 Å². The molecule has 3 aromatic rings. The van der Waals surface area contributed by atoms with Crippen molar-refractivity contribution in [2.24, 2.45) is 5.92 Å². The average molecular weight is 506 g/mol. The van der Waals surface area contributed by atoms with E-state index < -0.39 is 0 Å². The molecule has 0 unspecified atom stereocenters. The molecule has 1 aromatic heterocycles. The fourth-order valence-electron chi connectivity index (χ4n) is 5.12. The van der Waals surface area contributed by atoms with Gasteiger partial charge in [-0.15, -0.1) is 34.0 Å². The van der Waals surface area contributed by atoms with E-state index in [0.717, 1.165) is 37.9 Å². The number of fused-ring (bicyclic) bond motifs is 3. The Balaban J connectivity index is 0.00000112. The third-order valence-electron chi connectivity index (χ3n) is 6.52. The van der Waals surface area contributed by atoms with Crippen molar-refractivity contribution in [3.05, 3.63) is 71.4 Å². The summed E-state index contributed by atoms with van der Waals surface area (Å²) in [4.78, 5) is 7.49. The van der Waals surface area contributed by atoms with E-state index in [9.17, 15) is 5.11 Å². The fourth-order valence-corrected chi connectivity index (χ4v) is 5.12. The number of phenols is 1. The van der Waals surface area contributed by atoms with E-state index in [1.165, 1.54) is 22.2 Å². The van der Waals surface area contributed by atoms with Crippen LogP contribution in [-0.4, -0.2) is 35.1 Å². The largest absolute Gasteiger partial charge is 0.508 e. The highest BCUT2D eigenvalue weighted by atomic mass is 79.9. The number of hydrogen-bond acceptors (Lipinski definition) is 3. The molecule has 5 rings (SSSR count). The Kier molecular flexibility index (Phi) is 6.18. The molecule has 1 fully saturated rings. The minimum absolute atomic E-state index is 0. The molecular weight excluding hydrogens is 480 g/mol. The van der Waals surface area contributed by atoms with Crippen LogP contribution < -0.4 is 0 Å². The van der Waals surface area contributed by atoms with Gasteiger partial charge in [-0.1, -0.05) is 30.3 Å². The van der Waals surface area contributed by atoms with E-state index in [4.69, 9.17) is 4.98 Å². The summed E-state index contributed by atoms with van der Waals surface area (Å²) >= 11 is 0. The fraction of sp³-hybridized carbons (Fsp3) is 0.348. The number of benzene rings is 2. The summed E-state index contributed by atoms with van der Waals surface area (Å²) in [5.41, 5.74) is 5.08. The highest BCUT2D eigenvalue weighted by Gasteiger charge is 2.47. The number of likely N-dealkylation sites (tertiary alicyclic amines) is 1. The number of piperidine rings is 1. The maximum absolute atomic E-state index is 10.1.